The number of nitriles is 1. The molecule has 0 radical (unpaired) electrons. The summed E-state index contributed by atoms with van der Waals surface area (Å²) in [5.41, 5.74) is 4.79. The second-order valence-corrected chi connectivity index (χ2v) is 10.3. The summed E-state index contributed by atoms with van der Waals surface area (Å²) in [5, 5.41) is 9.72. The monoisotopic (exact) mass is 550 g/mol. The van der Waals surface area contributed by atoms with Crippen LogP contribution in [0.4, 0.5) is 0 Å². The number of pyridine rings is 1. The van der Waals surface area contributed by atoms with Crippen molar-refractivity contribution in [3.05, 3.63) is 100 Å². The van der Waals surface area contributed by atoms with E-state index in [1.807, 2.05) is 74.3 Å². The second kappa shape index (κ2) is 12.2. The Kier molecular flexibility index (Phi) is 8.31. The summed E-state index contributed by atoms with van der Waals surface area (Å²) in [5.74, 6) is 2.59. The molecule has 4 aromatic rings. The Balaban J connectivity index is 1.36. The summed E-state index contributed by atoms with van der Waals surface area (Å²) in [6, 6.07) is 17.3. The Morgan fingerprint density at radius 1 is 1.05 bits per heavy atom. The number of rotatable bonds is 8. The fourth-order valence-electron chi connectivity index (χ4n) is 5.33. The van der Waals surface area contributed by atoms with E-state index >= 15 is 0 Å². The molecule has 0 bridgehead atoms. The maximum Gasteiger partial charge on any atom is 0.257 e. The maximum atomic E-state index is 13.4. The van der Waals surface area contributed by atoms with E-state index in [1.54, 1.807) is 19.4 Å². The average Bonchev–Trinajstić information content (AvgIpc) is 3.42. The number of methoxy groups -OCH3 is 1. The number of benzene rings is 2. The zero-order valence-electron chi connectivity index (χ0n) is 23.8. The van der Waals surface area contributed by atoms with E-state index in [0.717, 1.165) is 28.3 Å². The van der Waals surface area contributed by atoms with Crippen molar-refractivity contribution >= 4 is 5.91 Å². The lowest BCUT2D eigenvalue weighted by Crippen LogP contribution is -2.50. The first kappa shape index (κ1) is 27.9. The molecule has 9 nitrogen and oxygen atoms in total. The van der Waals surface area contributed by atoms with Gasteiger partial charge in [0.25, 0.3) is 5.91 Å². The van der Waals surface area contributed by atoms with Crippen molar-refractivity contribution < 1.29 is 14.3 Å². The molecule has 41 heavy (non-hydrogen) atoms. The summed E-state index contributed by atoms with van der Waals surface area (Å²) in [6.45, 7) is 8.37. The fraction of sp³-hybridized carbons (Fsp3) is 0.312. The number of piperazine rings is 1. The number of aryl methyl sites for hydroxylation is 3. The number of aromatic nitrogens is 3. The number of amides is 1. The quantitative estimate of drug-likeness (QED) is 0.324. The van der Waals surface area contributed by atoms with Crippen LogP contribution in [0.2, 0.25) is 0 Å². The van der Waals surface area contributed by atoms with Crippen molar-refractivity contribution in [1.82, 2.24) is 24.8 Å². The van der Waals surface area contributed by atoms with Gasteiger partial charge < -0.3 is 19.4 Å². The SMILES string of the molecule is COc1c(C)cccc1C(=O)N1CCN(C(Cc2ccc(C#N)c(Oc3cccnc3C)c2)c2cnc(C)[nH]2)CC1. The molecule has 0 aliphatic carbocycles. The first-order chi connectivity index (χ1) is 19.9. The van der Waals surface area contributed by atoms with Gasteiger partial charge in [-0.25, -0.2) is 4.98 Å². The minimum Gasteiger partial charge on any atom is -0.496 e. The predicted molar refractivity (Wildman–Crippen MR) is 155 cm³/mol. The van der Waals surface area contributed by atoms with Crippen LogP contribution < -0.4 is 9.47 Å². The smallest absolute Gasteiger partial charge is 0.257 e. The van der Waals surface area contributed by atoms with Gasteiger partial charge in [0.15, 0.2) is 0 Å². The molecule has 1 amide bonds. The highest BCUT2D eigenvalue weighted by atomic mass is 16.5. The molecule has 0 saturated carbocycles. The van der Waals surface area contributed by atoms with Crippen LogP contribution in [0.15, 0.2) is 60.9 Å². The summed E-state index contributed by atoms with van der Waals surface area (Å²) >= 11 is 0. The van der Waals surface area contributed by atoms with Crippen molar-refractivity contribution in [2.24, 2.45) is 0 Å². The van der Waals surface area contributed by atoms with Crippen LogP contribution in [0, 0.1) is 32.1 Å². The molecule has 210 valence electrons. The number of aromatic amines is 1. The average molecular weight is 551 g/mol. The molecule has 1 saturated heterocycles. The van der Waals surface area contributed by atoms with E-state index in [0.29, 0.717) is 61.0 Å². The number of imidazole rings is 1. The molecule has 3 heterocycles. The van der Waals surface area contributed by atoms with Crippen molar-refractivity contribution in [2.45, 2.75) is 33.2 Å². The Bertz CT molecular complexity index is 1580. The lowest BCUT2D eigenvalue weighted by Gasteiger charge is -2.39. The Labute approximate surface area is 240 Å². The van der Waals surface area contributed by atoms with Crippen LogP contribution in [0.3, 0.4) is 0 Å². The molecule has 1 atom stereocenters. The van der Waals surface area contributed by atoms with E-state index in [4.69, 9.17) is 9.47 Å². The molecule has 1 N–H and O–H groups in total. The largest absolute Gasteiger partial charge is 0.496 e. The van der Waals surface area contributed by atoms with Crippen LogP contribution in [0.25, 0.3) is 0 Å². The maximum absolute atomic E-state index is 13.4. The molecule has 2 aromatic heterocycles. The van der Waals surface area contributed by atoms with Gasteiger partial charge in [0.1, 0.15) is 29.1 Å². The van der Waals surface area contributed by atoms with Gasteiger partial charge in [-0.15, -0.1) is 0 Å². The van der Waals surface area contributed by atoms with Crippen molar-refractivity contribution in [3.63, 3.8) is 0 Å². The molecular weight excluding hydrogens is 516 g/mol. The topological polar surface area (TPSA) is 107 Å². The van der Waals surface area contributed by atoms with E-state index in [9.17, 15) is 10.1 Å². The van der Waals surface area contributed by atoms with E-state index in [2.05, 4.69) is 25.9 Å². The third-order valence-corrected chi connectivity index (χ3v) is 7.54. The Hall–Kier alpha value is -4.68. The van der Waals surface area contributed by atoms with Gasteiger partial charge in [-0.3, -0.25) is 14.7 Å². The minimum absolute atomic E-state index is 0.00266. The van der Waals surface area contributed by atoms with Crippen molar-refractivity contribution in [2.75, 3.05) is 33.3 Å². The van der Waals surface area contributed by atoms with Crippen LogP contribution in [-0.2, 0) is 6.42 Å². The molecule has 1 aliphatic heterocycles. The molecule has 9 heteroatoms. The summed E-state index contributed by atoms with van der Waals surface area (Å²) in [4.78, 5) is 29.9. The number of hydrogen-bond donors (Lipinski definition) is 1. The first-order valence-electron chi connectivity index (χ1n) is 13.7. The van der Waals surface area contributed by atoms with Crippen molar-refractivity contribution in [3.8, 4) is 23.3 Å². The standard InChI is InChI=1S/C32H34N6O3/c1-21-7-5-8-26(31(21)40-4)32(39)38-15-13-37(14-16-38)28(27-20-35-23(3)36-27)17-24-10-11-25(19-33)30(18-24)41-29-9-6-12-34-22(29)2/h5-12,18,20,28H,13-17H2,1-4H3,(H,35,36). The predicted octanol–water partition coefficient (Wildman–Crippen LogP) is 5.14. The molecule has 1 fully saturated rings. The molecule has 1 unspecified atom stereocenters. The number of H-pyrrole nitrogens is 1. The normalized spacial score (nSPS) is 14.4. The highest BCUT2D eigenvalue weighted by Gasteiger charge is 2.30. The Morgan fingerprint density at radius 2 is 1.85 bits per heavy atom. The van der Waals surface area contributed by atoms with E-state index in [-0.39, 0.29) is 11.9 Å². The number of nitrogens with one attached hydrogen (secondary N) is 1. The minimum atomic E-state index is -0.0151. The number of hydrogen-bond acceptors (Lipinski definition) is 7. The van der Waals surface area contributed by atoms with Crippen LogP contribution >= 0.6 is 0 Å². The first-order valence-corrected chi connectivity index (χ1v) is 13.7. The van der Waals surface area contributed by atoms with E-state index < -0.39 is 0 Å². The number of carbonyl (C=O) groups is 1. The van der Waals surface area contributed by atoms with Gasteiger partial charge in [0, 0.05) is 38.6 Å². The number of ether oxygens (including phenoxy) is 2. The zero-order valence-corrected chi connectivity index (χ0v) is 23.8. The molecule has 5 rings (SSSR count). The van der Waals surface area contributed by atoms with Crippen molar-refractivity contribution in [1.29, 1.82) is 5.26 Å². The van der Waals surface area contributed by atoms with E-state index in [1.165, 1.54) is 0 Å². The van der Waals surface area contributed by atoms with Crippen LogP contribution in [-0.4, -0.2) is 63.9 Å². The van der Waals surface area contributed by atoms with Crippen LogP contribution in [0.5, 0.6) is 17.2 Å². The lowest BCUT2D eigenvalue weighted by atomic mass is 9.99. The number of para-hydroxylation sites is 1. The summed E-state index contributed by atoms with van der Waals surface area (Å²) in [6.07, 6.45) is 4.27. The van der Waals surface area contributed by atoms with Gasteiger partial charge in [0.2, 0.25) is 0 Å². The van der Waals surface area contributed by atoms with Gasteiger partial charge in [-0.2, -0.15) is 5.26 Å². The molecule has 0 spiro atoms. The summed E-state index contributed by atoms with van der Waals surface area (Å²) in [7, 11) is 1.60. The van der Waals surface area contributed by atoms with Gasteiger partial charge in [0.05, 0.1) is 35.7 Å². The third-order valence-electron chi connectivity index (χ3n) is 7.54. The second-order valence-electron chi connectivity index (χ2n) is 10.3. The highest BCUT2D eigenvalue weighted by Crippen LogP contribution is 2.32. The lowest BCUT2D eigenvalue weighted by molar-refractivity contribution is 0.0559. The number of nitrogens with zero attached hydrogens (tertiary/aromatic N) is 5. The summed E-state index contributed by atoms with van der Waals surface area (Å²) < 4.78 is 11.7. The molecule has 1 aliphatic rings. The zero-order chi connectivity index (χ0) is 28.9. The molecule has 2 aromatic carbocycles. The van der Waals surface area contributed by atoms with Crippen LogP contribution in [0.1, 0.15) is 50.3 Å². The Morgan fingerprint density at radius 3 is 2.54 bits per heavy atom. The highest BCUT2D eigenvalue weighted by molar-refractivity contribution is 5.97. The molecular formula is C32H34N6O3. The van der Waals surface area contributed by atoms with Gasteiger partial charge >= 0.3 is 0 Å². The fourth-order valence-corrected chi connectivity index (χ4v) is 5.33. The van der Waals surface area contributed by atoms with Gasteiger partial charge in [-0.05, 0) is 68.7 Å². The van der Waals surface area contributed by atoms with Gasteiger partial charge in [-0.1, -0.05) is 18.2 Å². The third kappa shape index (κ3) is 6.08. The number of carbonyl (C=O) groups excluding carboxylic acids is 1.